The third-order valence-corrected chi connectivity index (χ3v) is 6.10. The normalized spacial score (nSPS) is 20.0. The number of fused-ring (bicyclic) bond motifs is 4. The van der Waals surface area contributed by atoms with Gasteiger partial charge in [-0.25, -0.2) is 0 Å². The van der Waals surface area contributed by atoms with E-state index >= 15 is 0 Å². The Bertz CT molecular complexity index is 1150. The van der Waals surface area contributed by atoms with E-state index in [1.165, 1.54) is 0 Å². The first-order valence-electron chi connectivity index (χ1n) is 10.3. The van der Waals surface area contributed by atoms with Gasteiger partial charge in [0.05, 0.1) is 11.8 Å². The Kier molecular flexibility index (Phi) is 4.69. The van der Waals surface area contributed by atoms with Crippen molar-refractivity contribution in [3.05, 3.63) is 87.7 Å². The smallest absolute Gasteiger partial charge is 0.257 e. The molecule has 1 fully saturated rings. The minimum atomic E-state index is -0.0342. The molecule has 2 unspecified atom stereocenters. The number of likely N-dealkylation sites (tertiary alicyclic amines) is 1. The molecule has 2 aliphatic heterocycles. The number of hydrogen-bond donors (Lipinski definition) is 0. The number of nitrogens with zero attached hydrogens (tertiary/aromatic N) is 2. The molecule has 0 spiro atoms. The molecule has 0 N–H and O–H groups in total. The summed E-state index contributed by atoms with van der Waals surface area (Å²) in [4.78, 5) is 27.4. The van der Waals surface area contributed by atoms with Gasteiger partial charge in [-0.2, -0.15) is 0 Å². The second-order valence-corrected chi connectivity index (χ2v) is 8.27. The first-order chi connectivity index (χ1) is 14.6. The molecule has 30 heavy (non-hydrogen) atoms. The number of carbonyl (C=O) groups is 1. The van der Waals surface area contributed by atoms with Crippen molar-refractivity contribution in [1.82, 2.24) is 9.47 Å². The van der Waals surface area contributed by atoms with Crippen LogP contribution in [0.2, 0.25) is 0 Å². The molecule has 2 aliphatic rings. The van der Waals surface area contributed by atoms with Gasteiger partial charge in [-0.1, -0.05) is 18.2 Å². The molecular formula is C24H24N2O4. The predicted octanol–water partition coefficient (Wildman–Crippen LogP) is 3.59. The van der Waals surface area contributed by atoms with Crippen molar-refractivity contribution >= 4 is 5.91 Å². The Morgan fingerprint density at radius 1 is 1.13 bits per heavy atom. The van der Waals surface area contributed by atoms with Gasteiger partial charge in [0, 0.05) is 37.3 Å². The number of rotatable bonds is 4. The molecule has 6 nitrogen and oxygen atoms in total. The quantitative estimate of drug-likeness (QED) is 0.667. The number of pyridine rings is 1. The summed E-state index contributed by atoms with van der Waals surface area (Å²) in [7, 11) is 0. The third-order valence-electron chi connectivity index (χ3n) is 6.10. The lowest BCUT2D eigenvalue weighted by Crippen LogP contribution is -2.49. The van der Waals surface area contributed by atoms with Crippen molar-refractivity contribution in [3.63, 3.8) is 0 Å². The number of benzene rings is 1. The summed E-state index contributed by atoms with van der Waals surface area (Å²) in [5.41, 5.74) is 2.74. The van der Waals surface area contributed by atoms with E-state index in [4.69, 9.17) is 9.15 Å². The minimum Gasteiger partial charge on any atom is -0.486 e. The van der Waals surface area contributed by atoms with Gasteiger partial charge in [-0.05, 0) is 49.1 Å². The summed E-state index contributed by atoms with van der Waals surface area (Å²) in [5, 5.41) is 0. The van der Waals surface area contributed by atoms with E-state index < -0.39 is 0 Å². The zero-order valence-electron chi connectivity index (χ0n) is 16.9. The maximum absolute atomic E-state index is 13.3. The second-order valence-electron chi connectivity index (χ2n) is 8.27. The standard InChI is InChI=1S/C24H24N2O4/c1-16-4-2-5-19(10-16)30-15-22-20(8-9-29-22)24(28)25-12-17-11-18(14-25)21-6-3-7-23(27)26(21)13-17/h2-10,17-18H,11-15H2,1H3. The summed E-state index contributed by atoms with van der Waals surface area (Å²) >= 11 is 0. The SMILES string of the molecule is Cc1cccc(OCc2occc2C(=O)N2CC3CC(C2)c2cccc(=O)n2C3)c1. The van der Waals surface area contributed by atoms with Crippen LogP contribution in [-0.2, 0) is 13.2 Å². The van der Waals surface area contributed by atoms with Crippen LogP contribution in [0.1, 0.15) is 39.7 Å². The van der Waals surface area contributed by atoms with E-state index in [1.807, 2.05) is 52.8 Å². The van der Waals surface area contributed by atoms with Crippen molar-refractivity contribution in [1.29, 1.82) is 0 Å². The minimum absolute atomic E-state index is 0.0342. The van der Waals surface area contributed by atoms with Crippen molar-refractivity contribution < 1.29 is 13.9 Å². The summed E-state index contributed by atoms with van der Waals surface area (Å²) in [6.07, 6.45) is 2.56. The Morgan fingerprint density at radius 3 is 2.87 bits per heavy atom. The van der Waals surface area contributed by atoms with Gasteiger partial charge in [0.2, 0.25) is 0 Å². The van der Waals surface area contributed by atoms with Crippen LogP contribution in [0, 0.1) is 12.8 Å². The van der Waals surface area contributed by atoms with E-state index in [9.17, 15) is 9.59 Å². The number of aryl methyl sites for hydroxylation is 1. The Morgan fingerprint density at radius 2 is 2.00 bits per heavy atom. The van der Waals surface area contributed by atoms with Crippen molar-refractivity contribution in [2.24, 2.45) is 5.92 Å². The molecule has 5 rings (SSSR count). The fourth-order valence-corrected chi connectivity index (χ4v) is 4.73. The topological polar surface area (TPSA) is 64.7 Å². The number of carbonyl (C=O) groups excluding carboxylic acids is 1. The highest BCUT2D eigenvalue weighted by Crippen LogP contribution is 2.35. The molecule has 0 saturated carbocycles. The second kappa shape index (κ2) is 7.52. The molecule has 6 heteroatoms. The summed E-state index contributed by atoms with van der Waals surface area (Å²) in [6.45, 7) is 4.15. The van der Waals surface area contributed by atoms with E-state index in [2.05, 4.69) is 0 Å². The lowest BCUT2D eigenvalue weighted by atomic mass is 9.83. The largest absolute Gasteiger partial charge is 0.486 e. The van der Waals surface area contributed by atoms with E-state index in [0.29, 0.717) is 36.9 Å². The predicted molar refractivity (Wildman–Crippen MR) is 112 cm³/mol. The molecule has 3 aromatic rings. The first-order valence-corrected chi connectivity index (χ1v) is 10.3. The molecule has 2 atom stereocenters. The molecule has 0 aliphatic carbocycles. The number of amides is 1. The van der Waals surface area contributed by atoms with Crippen molar-refractivity contribution in [3.8, 4) is 5.75 Å². The lowest BCUT2D eigenvalue weighted by molar-refractivity contribution is 0.0590. The molecule has 0 radical (unpaired) electrons. The van der Waals surface area contributed by atoms with Crippen LogP contribution in [0.25, 0.3) is 0 Å². The molecule has 1 saturated heterocycles. The maximum atomic E-state index is 13.3. The first kappa shape index (κ1) is 18.7. The molecule has 2 aromatic heterocycles. The number of hydrogen-bond acceptors (Lipinski definition) is 4. The fourth-order valence-electron chi connectivity index (χ4n) is 4.73. The Labute approximate surface area is 174 Å². The Balaban J connectivity index is 1.33. The van der Waals surface area contributed by atoms with E-state index in [-0.39, 0.29) is 24.0 Å². The van der Waals surface area contributed by atoms with Crippen LogP contribution >= 0.6 is 0 Å². The summed E-state index contributed by atoms with van der Waals surface area (Å²) < 4.78 is 13.3. The molecule has 154 valence electrons. The zero-order valence-corrected chi connectivity index (χ0v) is 16.9. The molecule has 4 heterocycles. The number of piperidine rings is 1. The van der Waals surface area contributed by atoms with Crippen LogP contribution in [0.15, 0.2) is 64.0 Å². The van der Waals surface area contributed by atoms with Crippen LogP contribution in [0.3, 0.4) is 0 Å². The van der Waals surface area contributed by atoms with Crippen molar-refractivity contribution in [2.75, 3.05) is 13.1 Å². The molecule has 2 bridgehead atoms. The van der Waals surface area contributed by atoms with E-state index in [1.54, 1.807) is 18.4 Å². The Hall–Kier alpha value is -3.28. The maximum Gasteiger partial charge on any atom is 0.257 e. The van der Waals surface area contributed by atoms with Crippen molar-refractivity contribution in [2.45, 2.75) is 32.4 Å². The monoisotopic (exact) mass is 404 g/mol. The highest BCUT2D eigenvalue weighted by atomic mass is 16.5. The highest BCUT2D eigenvalue weighted by molar-refractivity contribution is 5.95. The van der Waals surface area contributed by atoms with Gasteiger partial charge >= 0.3 is 0 Å². The average molecular weight is 404 g/mol. The van der Waals surface area contributed by atoms with Gasteiger partial charge in [0.25, 0.3) is 11.5 Å². The van der Waals surface area contributed by atoms with Crippen LogP contribution in [0.4, 0.5) is 0 Å². The van der Waals surface area contributed by atoms with Crippen LogP contribution in [0.5, 0.6) is 5.75 Å². The van der Waals surface area contributed by atoms with Gasteiger partial charge in [-0.15, -0.1) is 0 Å². The van der Waals surface area contributed by atoms with Gasteiger partial charge in [0.1, 0.15) is 12.4 Å². The van der Waals surface area contributed by atoms with Crippen LogP contribution < -0.4 is 10.3 Å². The number of furan rings is 1. The number of aromatic nitrogens is 1. The molecule has 1 amide bonds. The zero-order chi connectivity index (χ0) is 20.7. The highest BCUT2D eigenvalue weighted by Gasteiger charge is 2.37. The van der Waals surface area contributed by atoms with Crippen LogP contribution in [-0.4, -0.2) is 28.5 Å². The summed E-state index contributed by atoms with van der Waals surface area (Å²) in [6, 6.07) is 14.9. The summed E-state index contributed by atoms with van der Waals surface area (Å²) in [5.74, 6) is 1.73. The average Bonchev–Trinajstić information content (AvgIpc) is 3.21. The molecule has 1 aromatic carbocycles. The fraction of sp³-hybridized carbons (Fsp3) is 0.333. The van der Waals surface area contributed by atoms with E-state index in [0.717, 1.165) is 23.4 Å². The lowest BCUT2D eigenvalue weighted by Gasteiger charge is -2.42. The third kappa shape index (κ3) is 3.43. The van der Waals surface area contributed by atoms with Gasteiger partial charge in [-0.3, -0.25) is 9.59 Å². The molecular weight excluding hydrogens is 380 g/mol. The van der Waals surface area contributed by atoms with Gasteiger partial charge in [0.15, 0.2) is 5.76 Å². The number of ether oxygens (including phenoxy) is 1. The van der Waals surface area contributed by atoms with Gasteiger partial charge < -0.3 is 18.6 Å².